The van der Waals surface area contributed by atoms with Gasteiger partial charge in [0.25, 0.3) is 0 Å². The van der Waals surface area contributed by atoms with Gasteiger partial charge in [-0.1, -0.05) is 0 Å². The highest BCUT2D eigenvalue weighted by atomic mass is 32.1. The molecule has 0 amide bonds. The Morgan fingerprint density at radius 1 is 1.40 bits per heavy atom. The lowest BCUT2D eigenvalue weighted by Crippen LogP contribution is -2.36. The van der Waals surface area contributed by atoms with Crippen molar-refractivity contribution in [2.24, 2.45) is 0 Å². The molecular formula is C12H19NOS. The van der Waals surface area contributed by atoms with Crippen LogP contribution in [0.25, 0.3) is 0 Å². The van der Waals surface area contributed by atoms with Crippen LogP contribution >= 0.6 is 11.3 Å². The predicted octanol–water partition coefficient (Wildman–Crippen LogP) is 2.89. The molecule has 1 aliphatic rings. The summed E-state index contributed by atoms with van der Waals surface area (Å²) in [6.07, 6.45) is 2.30. The van der Waals surface area contributed by atoms with Gasteiger partial charge in [0.15, 0.2) is 0 Å². The molecule has 0 saturated carbocycles. The van der Waals surface area contributed by atoms with Gasteiger partial charge in [-0.15, -0.1) is 11.3 Å². The Hall–Kier alpha value is -0.380. The van der Waals surface area contributed by atoms with Crippen LogP contribution in [0.2, 0.25) is 0 Å². The van der Waals surface area contributed by atoms with Gasteiger partial charge in [0.1, 0.15) is 0 Å². The zero-order chi connectivity index (χ0) is 10.7. The summed E-state index contributed by atoms with van der Waals surface area (Å²) in [6.45, 7) is 6.23. The number of hydrogen-bond donors (Lipinski definition) is 1. The average Bonchev–Trinajstić information content (AvgIpc) is 2.66. The molecule has 15 heavy (non-hydrogen) atoms. The van der Waals surface area contributed by atoms with Gasteiger partial charge in [-0.25, -0.2) is 0 Å². The van der Waals surface area contributed by atoms with Gasteiger partial charge in [-0.2, -0.15) is 0 Å². The molecule has 2 heterocycles. The first kappa shape index (κ1) is 11.1. The van der Waals surface area contributed by atoms with E-state index in [2.05, 4.69) is 31.3 Å². The van der Waals surface area contributed by atoms with E-state index in [0.29, 0.717) is 12.1 Å². The van der Waals surface area contributed by atoms with E-state index >= 15 is 0 Å². The molecule has 0 radical (unpaired) electrons. The van der Waals surface area contributed by atoms with Crippen molar-refractivity contribution in [1.29, 1.82) is 0 Å². The van der Waals surface area contributed by atoms with Gasteiger partial charge in [-0.3, -0.25) is 0 Å². The van der Waals surface area contributed by atoms with Gasteiger partial charge >= 0.3 is 0 Å². The first-order chi connectivity index (χ1) is 7.25. The molecule has 2 nitrogen and oxygen atoms in total. The lowest BCUT2D eigenvalue weighted by Gasteiger charge is -2.26. The number of ether oxygens (including phenoxy) is 1. The normalized spacial score (nSPS) is 20.4. The van der Waals surface area contributed by atoms with E-state index in [4.69, 9.17) is 4.74 Å². The van der Waals surface area contributed by atoms with E-state index in [1.165, 1.54) is 9.75 Å². The number of aryl methyl sites for hydroxylation is 1. The Kier molecular flexibility index (Phi) is 3.78. The molecule has 0 aromatic carbocycles. The fraction of sp³-hybridized carbons (Fsp3) is 0.667. The van der Waals surface area contributed by atoms with Crippen molar-refractivity contribution in [2.75, 3.05) is 13.2 Å². The van der Waals surface area contributed by atoms with E-state index in [-0.39, 0.29) is 0 Å². The molecular weight excluding hydrogens is 206 g/mol. The van der Waals surface area contributed by atoms with Gasteiger partial charge in [-0.05, 0) is 38.8 Å². The summed E-state index contributed by atoms with van der Waals surface area (Å²) in [4.78, 5) is 2.84. The molecule has 1 atom stereocenters. The number of nitrogens with one attached hydrogen (secondary N) is 1. The maximum absolute atomic E-state index is 5.35. The van der Waals surface area contributed by atoms with E-state index in [9.17, 15) is 0 Å². The first-order valence-corrected chi connectivity index (χ1v) is 6.47. The molecule has 2 rings (SSSR count). The standard InChI is InChI=1S/C12H19NOS/c1-9-3-4-12(15-9)10(2)13-11-5-7-14-8-6-11/h3-4,10-11,13H,5-8H2,1-2H3. The molecule has 1 fully saturated rings. The summed E-state index contributed by atoms with van der Waals surface area (Å²) < 4.78 is 5.35. The summed E-state index contributed by atoms with van der Waals surface area (Å²) in [5.41, 5.74) is 0. The van der Waals surface area contributed by atoms with E-state index < -0.39 is 0 Å². The Morgan fingerprint density at radius 3 is 2.73 bits per heavy atom. The molecule has 3 heteroatoms. The van der Waals surface area contributed by atoms with Gasteiger partial charge < -0.3 is 10.1 Å². The monoisotopic (exact) mass is 225 g/mol. The van der Waals surface area contributed by atoms with E-state index in [0.717, 1.165) is 26.1 Å². The highest BCUT2D eigenvalue weighted by molar-refractivity contribution is 7.12. The third-order valence-corrected chi connectivity index (χ3v) is 4.08. The predicted molar refractivity (Wildman–Crippen MR) is 64.4 cm³/mol. The zero-order valence-corrected chi connectivity index (χ0v) is 10.3. The summed E-state index contributed by atoms with van der Waals surface area (Å²) in [6, 6.07) is 5.54. The van der Waals surface area contributed by atoms with Crippen molar-refractivity contribution in [2.45, 2.75) is 38.8 Å². The largest absolute Gasteiger partial charge is 0.381 e. The molecule has 1 aromatic rings. The van der Waals surface area contributed by atoms with Crippen LogP contribution in [0.1, 0.15) is 35.6 Å². The smallest absolute Gasteiger partial charge is 0.0480 e. The lowest BCUT2D eigenvalue weighted by molar-refractivity contribution is 0.0755. The topological polar surface area (TPSA) is 21.3 Å². The highest BCUT2D eigenvalue weighted by Crippen LogP contribution is 2.23. The van der Waals surface area contributed by atoms with E-state index in [1.54, 1.807) is 0 Å². The Morgan fingerprint density at radius 2 is 2.13 bits per heavy atom. The second-order valence-electron chi connectivity index (χ2n) is 4.22. The second-order valence-corrected chi connectivity index (χ2v) is 5.54. The summed E-state index contributed by atoms with van der Waals surface area (Å²) in [7, 11) is 0. The zero-order valence-electron chi connectivity index (χ0n) is 9.45. The van der Waals surface area contributed by atoms with E-state index in [1.807, 2.05) is 11.3 Å². The molecule has 84 valence electrons. The number of thiophene rings is 1. The highest BCUT2D eigenvalue weighted by Gasteiger charge is 2.17. The molecule has 1 N–H and O–H groups in total. The van der Waals surface area contributed by atoms with Crippen LogP contribution in [0.15, 0.2) is 12.1 Å². The molecule has 0 aliphatic carbocycles. The molecule has 1 saturated heterocycles. The van der Waals surface area contributed by atoms with Gasteiger partial charge in [0.05, 0.1) is 0 Å². The lowest BCUT2D eigenvalue weighted by atomic mass is 10.1. The maximum Gasteiger partial charge on any atom is 0.0480 e. The summed E-state index contributed by atoms with van der Waals surface area (Å²) in [5, 5.41) is 3.68. The van der Waals surface area contributed by atoms with Crippen molar-refractivity contribution in [1.82, 2.24) is 5.32 Å². The molecule has 1 aliphatic heterocycles. The summed E-state index contributed by atoms with van der Waals surface area (Å²) in [5.74, 6) is 0. The van der Waals surface area contributed by atoms with Crippen LogP contribution in [-0.4, -0.2) is 19.3 Å². The Bertz CT molecular complexity index is 304. The minimum atomic E-state index is 0.479. The molecule has 0 spiro atoms. The first-order valence-electron chi connectivity index (χ1n) is 5.66. The minimum absolute atomic E-state index is 0.479. The third kappa shape index (κ3) is 3.03. The van der Waals surface area contributed by atoms with Crippen molar-refractivity contribution in [3.05, 3.63) is 21.9 Å². The van der Waals surface area contributed by atoms with Crippen LogP contribution in [0, 0.1) is 6.92 Å². The SMILES string of the molecule is Cc1ccc(C(C)NC2CCOCC2)s1. The van der Waals surface area contributed by atoms with Crippen molar-refractivity contribution < 1.29 is 4.74 Å². The molecule has 0 bridgehead atoms. The van der Waals surface area contributed by atoms with Crippen LogP contribution in [0.3, 0.4) is 0 Å². The van der Waals surface area contributed by atoms with Crippen LogP contribution in [-0.2, 0) is 4.74 Å². The Labute approximate surface area is 95.6 Å². The average molecular weight is 225 g/mol. The molecule has 1 unspecified atom stereocenters. The van der Waals surface area contributed by atoms with Gasteiger partial charge in [0, 0.05) is 35.1 Å². The minimum Gasteiger partial charge on any atom is -0.381 e. The number of hydrogen-bond acceptors (Lipinski definition) is 3. The van der Waals surface area contributed by atoms with Crippen molar-refractivity contribution >= 4 is 11.3 Å². The number of rotatable bonds is 3. The fourth-order valence-electron chi connectivity index (χ4n) is 1.99. The van der Waals surface area contributed by atoms with Gasteiger partial charge in [0.2, 0.25) is 0 Å². The van der Waals surface area contributed by atoms with Crippen LogP contribution < -0.4 is 5.32 Å². The van der Waals surface area contributed by atoms with Crippen molar-refractivity contribution in [3.63, 3.8) is 0 Å². The van der Waals surface area contributed by atoms with Crippen molar-refractivity contribution in [3.8, 4) is 0 Å². The Balaban J connectivity index is 1.88. The quantitative estimate of drug-likeness (QED) is 0.854. The van der Waals surface area contributed by atoms with Crippen LogP contribution in [0.5, 0.6) is 0 Å². The molecule has 1 aromatic heterocycles. The van der Waals surface area contributed by atoms with Crippen LogP contribution in [0.4, 0.5) is 0 Å². The third-order valence-electron chi connectivity index (χ3n) is 2.89. The maximum atomic E-state index is 5.35. The fourth-order valence-corrected chi connectivity index (χ4v) is 2.87. The summed E-state index contributed by atoms with van der Waals surface area (Å²) >= 11 is 1.89. The second kappa shape index (κ2) is 5.10.